The average molecular weight is 279 g/mol. The number of amides is 2. The van der Waals surface area contributed by atoms with Crippen LogP contribution in [0.15, 0.2) is 24.3 Å². The zero-order valence-electron chi connectivity index (χ0n) is 11.3. The summed E-state index contributed by atoms with van der Waals surface area (Å²) >= 11 is 0. The first-order valence-electron chi connectivity index (χ1n) is 5.96. The fraction of sp³-hybridized carbons (Fsp3) is 0.308. The highest BCUT2D eigenvalue weighted by molar-refractivity contribution is 6.05. The number of methoxy groups -OCH3 is 1. The number of nitrogens with two attached hydrogens (primary N) is 1. The summed E-state index contributed by atoms with van der Waals surface area (Å²) in [5, 5.41) is 4.95. The minimum atomic E-state index is -0.693. The van der Waals surface area contributed by atoms with Crippen LogP contribution < -0.4 is 16.4 Å². The van der Waals surface area contributed by atoms with E-state index in [9.17, 15) is 14.4 Å². The Kier molecular flexibility index (Phi) is 5.67. The van der Waals surface area contributed by atoms with E-state index in [2.05, 4.69) is 15.4 Å². The summed E-state index contributed by atoms with van der Waals surface area (Å²) in [5.41, 5.74) is 6.02. The molecule has 0 aromatic heterocycles. The van der Waals surface area contributed by atoms with E-state index < -0.39 is 23.8 Å². The van der Waals surface area contributed by atoms with Crippen molar-refractivity contribution in [2.45, 2.75) is 13.0 Å². The minimum Gasteiger partial charge on any atom is -0.468 e. The molecule has 0 unspecified atom stereocenters. The Morgan fingerprint density at radius 3 is 2.55 bits per heavy atom. The Hall–Kier alpha value is -2.41. The molecule has 7 nitrogen and oxygen atoms in total. The first-order chi connectivity index (χ1) is 9.45. The molecule has 7 heteroatoms. The highest BCUT2D eigenvalue weighted by Crippen LogP contribution is 2.15. The first kappa shape index (κ1) is 15.6. The predicted octanol–water partition coefficient (Wildman–Crippen LogP) is -0.125. The number of ether oxygens (including phenoxy) is 1. The Bertz CT molecular complexity index is 514. The summed E-state index contributed by atoms with van der Waals surface area (Å²) in [6, 6.07) is 5.74. The lowest BCUT2D eigenvalue weighted by Gasteiger charge is -2.12. The molecule has 4 N–H and O–H groups in total. The molecule has 0 aliphatic heterocycles. The molecular formula is C13H17N3O4. The Morgan fingerprint density at radius 2 is 1.95 bits per heavy atom. The summed E-state index contributed by atoms with van der Waals surface area (Å²) < 4.78 is 4.42. The molecule has 0 aliphatic rings. The SMILES string of the molecule is COC(=O)CNC(=O)c1ccccc1NC(=O)[C@H](C)N. The molecular weight excluding hydrogens is 262 g/mol. The molecule has 0 saturated heterocycles. The number of para-hydroxylation sites is 1. The molecule has 0 bridgehead atoms. The van der Waals surface area contributed by atoms with Crippen molar-refractivity contribution in [2.75, 3.05) is 19.0 Å². The third kappa shape index (κ3) is 4.36. The van der Waals surface area contributed by atoms with Gasteiger partial charge in [-0.25, -0.2) is 0 Å². The lowest BCUT2D eigenvalue weighted by molar-refractivity contribution is -0.139. The maximum atomic E-state index is 11.9. The van der Waals surface area contributed by atoms with Crippen LogP contribution >= 0.6 is 0 Å². The first-order valence-corrected chi connectivity index (χ1v) is 5.96. The molecule has 2 amide bonds. The van der Waals surface area contributed by atoms with Crippen molar-refractivity contribution in [3.63, 3.8) is 0 Å². The number of hydrogen-bond acceptors (Lipinski definition) is 5. The number of hydrogen-bond donors (Lipinski definition) is 3. The van der Waals surface area contributed by atoms with Gasteiger partial charge in [-0.05, 0) is 19.1 Å². The van der Waals surface area contributed by atoms with Crippen molar-refractivity contribution < 1.29 is 19.1 Å². The van der Waals surface area contributed by atoms with Gasteiger partial charge in [0.25, 0.3) is 5.91 Å². The van der Waals surface area contributed by atoms with E-state index in [0.717, 1.165) is 0 Å². The van der Waals surface area contributed by atoms with Crippen molar-refractivity contribution in [3.8, 4) is 0 Å². The van der Waals surface area contributed by atoms with Gasteiger partial charge in [0.15, 0.2) is 0 Å². The van der Waals surface area contributed by atoms with Crippen LogP contribution in [0.4, 0.5) is 5.69 Å². The molecule has 1 atom stereocenters. The highest BCUT2D eigenvalue weighted by atomic mass is 16.5. The monoisotopic (exact) mass is 279 g/mol. The summed E-state index contributed by atoms with van der Waals surface area (Å²) in [4.78, 5) is 34.5. The second kappa shape index (κ2) is 7.25. The van der Waals surface area contributed by atoms with E-state index >= 15 is 0 Å². The van der Waals surface area contributed by atoms with Gasteiger partial charge >= 0.3 is 5.97 Å². The van der Waals surface area contributed by atoms with Crippen LogP contribution in [0.1, 0.15) is 17.3 Å². The Morgan fingerprint density at radius 1 is 1.30 bits per heavy atom. The van der Waals surface area contributed by atoms with Crippen molar-refractivity contribution in [1.82, 2.24) is 5.32 Å². The largest absolute Gasteiger partial charge is 0.468 e. The molecule has 0 spiro atoms. The normalized spacial score (nSPS) is 11.3. The predicted molar refractivity (Wildman–Crippen MR) is 73.1 cm³/mol. The summed E-state index contributed by atoms with van der Waals surface area (Å²) in [7, 11) is 1.23. The number of anilines is 1. The summed E-state index contributed by atoms with van der Waals surface area (Å²) in [5.74, 6) is -1.45. The van der Waals surface area contributed by atoms with Crippen LogP contribution in [0, 0.1) is 0 Å². The summed E-state index contributed by atoms with van der Waals surface area (Å²) in [6.07, 6.45) is 0. The van der Waals surface area contributed by atoms with E-state index in [1.807, 2.05) is 0 Å². The van der Waals surface area contributed by atoms with E-state index in [1.165, 1.54) is 20.1 Å². The van der Waals surface area contributed by atoms with Gasteiger partial charge in [-0.3, -0.25) is 14.4 Å². The number of rotatable bonds is 5. The van der Waals surface area contributed by atoms with Gasteiger partial charge in [-0.15, -0.1) is 0 Å². The van der Waals surface area contributed by atoms with Crippen LogP contribution in [-0.2, 0) is 14.3 Å². The Balaban J connectivity index is 2.81. The fourth-order valence-electron chi connectivity index (χ4n) is 1.36. The van der Waals surface area contributed by atoms with Gasteiger partial charge < -0.3 is 21.1 Å². The maximum absolute atomic E-state index is 11.9. The second-order valence-corrected chi connectivity index (χ2v) is 4.08. The molecule has 0 heterocycles. The molecule has 108 valence electrons. The van der Waals surface area contributed by atoms with Gasteiger partial charge in [-0.1, -0.05) is 12.1 Å². The lowest BCUT2D eigenvalue weighted by Crippen LogP contribution is -2.34. The maximum Gasteiger partial charge on any atom is 0.325 e. The Labute approximate surface area is 116 Å². The lowest BCUT2D eigenvalue weighted by atomic mass is 10.1. The third-order valence-electron chi connectivity index (χ3n) is 2.46. The van der Waals surface area contributed by atoms with Crippen LogP contribution in [0.5, 0.6) is 0 Å². The van der Waals surface area contributed by atoms with Crippen LogP contribution in [0.3, 0.4) is 0 Å². The topological polar surface area (TPSA) is 111 Å². The zero-order valence-corrected chi connectivity index (χ0v) is 11.3. The van der Waals surface area contributed by atoms with Crippen molar-refractivity contribution >= 4 is 23.5 Å². The minimum absolute atomic E-state index is 0.241. The number of benzene rings is 1. The second-order valence-electron chi connectivity index (χ2n) is 4.08. The van der Waals surface area contributed by atoms with E-state index in [1.54, 1.807) is 18.2 Å². The van der Waals surface area contributed by atoms with Crippen LogP contribution in [0.2, 0.25) is 0 Å². The van der Waals surface area contributed by atoms with Crippen LogP contribution in [0.25, 0.3) is 0 Å². The zero-order chi connectivity index (χ0) is 15.1. The van der Waals surface area contributed by atoms with Gasteiger partial charge in [0.2, 0.25) is 5.91 Å². The molecule has 1 aromatic carbocycles. The number of carbonyl (C=O) groups excluding carboxylic acids is 3. The molecule has 0 fully saturated rings. The average Bonchev–Trinajstić information content (AvgIpc) is 2.44. The van der Waals surface area contributed by atoms with Crippen molar-refractivity contribution in [3.05, 3.63) is 29.8 Å². The third-order valence-corrected chi connectivity index (χ3v) is 2.46. The van der Waals surface area contributed by atoms with Gasteiger partial charge in [0.1, 0.15) is 6.54 Å². The molecule has 0 saturated carbocycles. The molecule has 1 rings (SSSR count). The standard InChI is InChI=1S/C13H17N3O4/c1-8(14)12(18)16-10-6-4-3-5-9(10)13(19)15-7-11(17)20-2/h3-6,8H,7,14H2,1-2H3,(H,15,19)(H,16,18)/t8-/m0/s1. The molecule has 1 aromatic rings. The molecule has 0 aliphatic carbocycles. The number of nitrogens with one attached hydrogen (secondary N) is 2. The van der Waals surface area contributed by atoms with Gasteiger partial charge in [0, 0.05) is 0 Å². The van der Waals surface area contributed by atoms with Gasteiger partial charge in [0.05, 0.1) is 24.4 Å². The van der Waals surface area contributed by atoms with Crippen molar-refractivity contribution in [2.24, 2.45) is 5.73 Å². The van der Waals surface area contributed by atoms with Crippen LogP contribution in [-0.4, -0.2) is 37.5 Å². The van der Waals surface area contributed by atoms with E-state index in [4.69, 9.17) is 5.73 Å². The van der Waals surface area contributed by atoms with Crippen molar-refractivity contribution in [1.29, 1.82) is 0 Å². The van der Waals surface area contributed by atoms with Gasteiger partial charge in [-0.2, -0.15) is 0 Å². The highest BCUT2D eigenvalue weighted by Gasteiger charge is 2.15. The quantitative estimate of drug-likeness (QED) is 0.650. The smallest absolute Gasteiger partial charge is 0.325 e. The fourth-order valence-corrected chi connectivity index (χ4v) is 1.36. The number of carbonyl (C=O) groups is 3. The summed E-state index contributed by atoms with van der Waals surface area (Å²) in [6.45, 7) is 1.29. The molecule has 20 heavy (non-hydrogen) atoms. The van der Waals surface area contributed by atoms with E-state index in [0.29, 0.717) is 5.69 Å². The number of esters is 1. The molecule has 0 radical (unpaired) electrons. The van der Waals surface area contributed by atoms with E-state index in [-0.39, 0.29) is 12.1 Å².